The predicted molar refractivity (Wildman–Crippen MR) is 151 cm³/mol. The lowest BCUT2D eigenvalue weighted by atomic mass is 10.2. The number of para-hydroxylation sites is 2. The normalized spacial score (nSPS) is 13.3. The fourth-order valence-electron chi connectivity index (χ4n) is 3.64. The van der Waals surface area contributed by atoms with Crippen LogP contribution in [0.4, 0.5) is 11.4 Å². The van der Waals surface area contributed by atoms with Crippen LogP contribution in [-0.4, -0.2) is 77.3 Å². The zero-order chi connectivity index (χ0) is 27.8. The maximum Gasteiger partial charge on any atom is 0.307 e. The van der Waals surface area contributed by atoms with Crippen molar-refractivity contribution in [2.45, 2.75) is 58.3 Å². The van der Waals surface area contributed by atoms with Gasteiger partial charge in [-0.25, -0.2) is 0 Å². The largest absolute Gasteiger partial charge is 0.463 e. The molecule has 0 fully saturated rings. The van der Waals surface area contributed by atoms with E-state index in [2.05, 4.69) is 4.90 Å². The highest BCUT2D eigenvalue weighted by atomic mass is 16.6. The van der Waals surface area contributed by atoms with Crippen LogP contribution in [0, 0.1) is 0 Å². The topological polar surface area (TPSA) is 77.5 Å². The number of esters is 2. The van der Waals surface area contributed by atoms with Gasteiger partial charge in [-0.1, -0.05) is 36.4 Å². The summed E-state index contributed by atoms with van der Waals surface area (Å²) in [6.45, 7) is 7.75. The highest BCUT2D eigenvalue weighted by Gasteiger charge is 2.14. The van der Waals surface area contributed by atoms with Gasteiger partial charge in [-0.2, -0.15) is 0 Å². The lowest BCUT2D eigenvalue weighted by Crippen LogP contribution is -2.28. The average Bonchev–Trinajstić information content (AvgIpc) is 2.93. The maximum absolute atomic E-state index is 12.1. The Hall–Kier alpha value is -3.10. The molecule has 8 heteroatoms. The number of hydrogen-bond donors (Lipinski definition) is 0. The predicted octanol–water partition coefficient (Wildman–Crippen LogP) is 4.71. The van der Waals surface area contributed by atoms with Gasteiger partial charge in [0.1, 0.15) is 12.7 Å². The highest BCUT2D eigenvalue weighted by molar-refractivity contribution is 5.70. The molecule has 0 saturated carbocycles. The summed E-state index contributed by atoms with van der Waals surface area (Å²) in [6.07, 6.45) is 0.601. The molecule has 8 nitrogen and oxygen atoms in total. The summed E-state index contributed by atoms with van der Waals surface area (Å²) in [5.74, 6) is -0.480. The lowest BCUT2D eigenvalue weighted by molar-refractivity contribution is -0.154. The smallest absolute Gasteiger partial charge is 0.307 e. The zero-order valence-electron chi connectivity index (χ0n) is 23.5. The van der Waals surface area contributed by atoms with Gasteiger partial charge in [-0.15, -0.1) is 0 Å². The van der Waals surface area contributed by atoms with E-state index in [4.69, 9.17) is 18.9 Å². The van der Waals surface area contributed by atoms with Gasteiger partial charge in [0.05, 0.1) is 31.8 Å². The van der Waals surface area contributed by atoms with Crippen LogP contribution < -0.4 is 9.80 Å². The third-order valence-electron chi connectivity index (χ3n) is 5.96. The fraction of sp³-hybridized carbons (Fsp3) is 0.533. The number of benzene rings is 2. The molecule has 3 atom stereocenters. The van der Waals surface area contributed by atoms with E-state index >= 15 is 0 Å². The zero-order valence-corrected chi connectivity index (χ0v) is 23.5. The molecule has 0 saturated heterocycles. The van der Waals surface area contributed by atoms with Crippen molar-refractivity contribution in [2.75, 3.05) is 56.8 Å². The minimum absolute atomic E-state index is 0.187. The Morgan fingerprint density at radius 2 is 1.16 bits per heavy atom. The number of hydrogen-bond acceptors (Lipinski definition) is 8. The Morgan fingerprint density at radius 1 is 0.658 bits per heavy atom. The van der Waals surface area contributed by atoms with E-state index < -0.39 is 0 Å². The molecule has 3 unspecified atom stereocenters. The van der Waals surface area contributed by atoms with Gasteiger partial charge in [0.2, 0.25) is 0 Å². The number of carbonyl (C=O) groups excluding carboxylic acids is 2. The Balaban J connectivity index is 1.50. The third kappa shape index (κ3) is 12.9. The standard InChI is InChI=1S/C30H44N2O6/c1-24(21-35-25(2)22-37-29(33)18-20-32(5)28-15-10-7-11-16-28)36-23-26(3)38-30(34)17-12-19-31(4)27-13-8-6-9-14-27/h6-11,13-16,24-26H,12,17-23H2,1-5H3. The Labute approximate surface area is 227 Å². The van der Waals surface area contributed by atoms with Gasteiger partial charge < -0.3 is 28.7 Å². The Bertz CT molecular complexity index is 927. The maximum atomic E-state index is 12.1. The van der Waals surface area contributed by atoms with Crippen LogP contribution in [0.1, 0.15) is 40.0 Å². The summed E-state index contributed by atoms with van der Waals surface area (Å²) in [6, 6.07) is 20.0. The molecule has 0 amide bonds. The molecule has 38 heavy (non-hydrogen) atoms. The highest BCUT2D eigenvalue weighted by Crippen LogP contribution is 2.13. The molecule has 0 heterocycles. The van der Waals surface area contributed by atoms with Crippen molar-refractivity contribution in [1.29, 1.82) is 0 Å². The van der Waals surface area contributed by atoms with Gasteiger partial charge in [-0.3, -0.25) is 9.59 Å². The monoisotopic (exact) mass is 528 g/mol. The summed E-state index contributed by atoms with van der Waals surface area (Å²) in [4.78, 5) is 28.4. The van der Waals surface area contributed by atoms with Crippen LogP contribution in [0.25, 0.3) is 0 Å². The second kappa shape index (κ2) is 17.4. The van der Waals surface area contributed by atoms with Crippen LogP contribution >= 0.6 is 0 Å². The molecule has 0 radical (unpaired) electrons. The SMILES string of the molecule is CC(COC(=O)CCN(C)c1ccccc1)OCC(C)OCC(C)OC(=O)CCCN(C)c1ccccc1. The van der Waals surface area contributed by atoms with Crippen molar-refractivity contribution in [1.82, 2.24) is 0 Å². The van der Waals surface area contributed by atoms with Crippen LogP contribution in [0.5, 0.6) is 0 Å². The molecule has 0 aliphatic rings. The first-order valence-corrected chi connectivity index (χ1v) is 13.3. The van der Waals surface area contributed by atoms with Crippen LogP contribution in [0.15, 0.2) is 60.7 Å². The van der Waals surface area contributed by atoms with E-state index in [1.807, 2.05) is 100 Å². The first kappa shape index (κ1) is 31.1. The molecule has 2 aromatic carbocycles. The number of anilines is 2. The molecule has 0 N–H and O–H groups in total. The number of carbonyl (C=O) groups is 2. The molecule has 0 bridgehead atoms. The van der Waals surface area contributed by atoms with E-state index in [0.717, 1.165) is 17.9 Å². The molecule has 0 aliphatic heterocycles. The molecular formula is C30H44N2O6. The van der Waals surface area contributed by atoms with Gasteiger partial charge in [0.25, 0.3) is 0 Å². The molecule has 2 rings (SSSR count). The Kier molecular flexibility index (Phi) is 14.3. The van der Waals surface area contributed by atoms with E-state index in [0.29, 0.717) is 39.0 Å². The summed E-state index contributed by atoms with van der Waals surface area (Å²) in [7, 11) is 3.96. The molecule has 210 valence electrons. The van der Waals surface area contributed by atoms with Gasteiger partial charge in [-0.05, 0) is 51.5 Å². The molecular weight excluding hydrogens is 484 g/mol. The van der Waals surface area contributed by atoms with Crippen LogP contribution in [-0.2, 0) is 28.5 Å². The minimum Gasteiger partial charge on any atom is -0.463 e. The summed E-state index contributed by atoms with van der Waals surface area (Å²) >= 11 is 0. The quantitative estimate of drug-likeness (QED) is 0.257. The fourth-order valence-corrected chi connectivity index (χ4v) is 3.64. The van der Waals surface area contributed by atoms with Crippen molar-refractivity contribution in [2.24, 2.45) is 0 Å². The van der Waals surface area contributed by atoms with Crippen molar-refractivity contribution >= 4 is 23.3 Å². The van der Waals surface area contributed by atoms with E-state index in [1.165, 1.54) is 0 Å². The molecule has 0 aromatic heterocycles. The average molecular weight is 529 g/mol. The van der Waals surface area contributed by atoms with Gasteiger partial charge in [0, 0.05) is 45.0 Å². The summed E-state index contributed by atoms with van der Waals surface area (Å²) in [5, 5.41) is 0. The van der Waals surface area contributed by atoms with E-state index in [9.17, 15) is 9.59 Å². The third-order valence-corrected chi connectivity index (χ3v) is 5.96. The van der Waals surface area contributed by atoms with E-state index in [1.54, 1.807) is 0 Å². The summed E-state index contributed by atoms with van der Waals surface area (Å²) in [5.41, 5.74) is 2.18. The van der Waals surface area contributed by atoms with Gasteiger partial charge >= 0.3 is 11.9 Å². The van der Waals surface area contributed by atoms with Crippen LogP contribution in [0.2, 0.25) is 0 Å². The first-order valence-electron chi connectivity index (χ1n) is 13.3. The van der Waals surface area contributed by atoms with Crippen molar-refractivity contribution in [3.05, 3.63) is 60.7 Å². The number of nitrogens with zero attached hydrogens (tertiary/aromatic N) is 2. The van der Waals surface area contributed by atoms with Gasteiger partial charge in [0.15, 0.2) is 0 Å². The molecule has 2 aromatic rings. The molecule has 0 aliphatic carbocycles. The van der Waals surface area contributed by atoms with Crippen molar-refractivity contribution in [3.63, 3.8) is 0 Å². The lowest BCUT2D eigenvalue weighted by Gasteiger charge is -2.21. The van der Waals surface area contributed by atoms with Crippen molar-refractivity contribution in [3.8, 4) is 0 Å². The Morgan fingerprint density at radius 3 is 1.74 bits per heavy atom. The number of rotatable bonds is 18. The number of ether oxygens (including phenoxy) is 4. The van der Waals surface area contributed by atoms with Crippen molar-refractivity contribution < 1.29 is 28.5 Å². The molecule has 0 spiro atoms. The second-order valence-electron chi connectivity index (χ2n) is 9.64. The van der Waals surface area contributed by atoms with Crippen LogP contribution in [0.3, 0.4) is 0 Å². The summed E-state index contributed by atoms with van der Waals surface area (Å²) < 4.78 is 22.3. The second-order valence-corrected chi connectivity index (χ2v) is 9.64. The van der Waals surface area contributed by atoms with E-state index in [-0.39, 0.29) is 36.9 Å². The minimum atomic E-state index is -0.343. The first-order chi connectivity index (χ1) is 18.2.